The number of carboxylic acid groups (broad SMARTS) is 1. The highest BCUT2D eigenvalue weighted by Crippen LogP contribution is 2.34. The lowest BCUT2D eigenvalue weighted by molar-refractivity contribution is -0.139. The molecule has 2 saturated heterocycles. The van der Waals surface area contributed by atoms with Gasteiger partial charge in [0.15, 0.2) is 0 Å². The van der Waals surface area contributed by atoms with E-state index in [4.69, 9.17) is 0 Å². The number of rotatable bonds is 9. The molecular formula is C34H49N3O2. The van der Waals surface area contributed by atoms with Gasteiger partial charge in [0.2, 0.25) is 0 Å². The Kier molecular flexibility index (Phi) is 12.2. The van der Waals surface area contributed by atoms with Crippen LogP contribution in [0.25, 0.3) is 0 Å². The quantitative estimate of drug-likeness (QED) is 0.353. The summed E-state index contributed by atoms with van der Waals surface area (Å²) < 4.78 is 0. The number of nitrogens with zero attached hydrogens (tertiary/aromatic N) is 3. The first-order valence-electron chi connectivity index (χ1n) is 15.1. The largest absolute Gasteiger partial charge is 0.481 e. The van der Waals surface area contributed by atoms with Gasteiger partial charge in [0.05, 0.1) is 17.9 Å². The SMILES string of the molecule is CC(C)CC(C#N)c1ccccc1N1CCCCC1.CC(C)CC(C(=O)O)c1ccccc1N1CCCCC1. The molecule has 0 aromatic heterocycles. The maximum absolute atomic E-state index is 11.7. The summed E-state index contributed by atoms with van der Waals surface area (Å²) in [5.74, 6) is -0.140. The van der Waals surface area contributed by atoms with Crippen molar-refractivity contribution in [2.24, 2.45) is 11.8 Å². The first-order chi connectivity index (χ1) is 18.8. The lowest BCUT2D eigenvalue weighted by atomic mass is 9.88. The summed E-state index contributed by atoms with van der Waals surface area (Å²) in [4.78, 5) is 16.5. The molecule has 0 spiro atoms. The Morgan fingerprint density at radius 3 is 1.62 bits per heavy atom. The number of aliphatic carboxylic acids is 1. The summed E-state index contributed by atoms with van der Waals surface area (Å²) in [7, 11) is 0. The number of hydrogen-bond donors (Lipinski definition) is 1. The van der Waals surface area contributed by atoms with E-state index in [1.165, 1.54) is 49.8 Å². The Bertz CT molecular complexity index is 1060. The summed E-state index contributed by atoms with van der Waals surface area (Å²) >= 11 is 0. The Balaban J connectivity index is 0.000000216. The minimum absolute atomic E-state index is 0.0260. The van der Waals surface area contributed by atoms with Crippen molar-refractivity contribution in [2.75, 3.05) is 36.0 Å². The van der Waals surface area contributed by atoms with Crippen LogP contribution in [-0.2, 0) is 4.79 Å². The number of piperidine rings is 2. The third kappa shape index (κ3) is 9.02. The van der Waals surface area contributed by atoms with E-state index in [0.29, 0.717) is 18.3 Å². The maximum atomic E-state index is 11.7. The van der Waals surface area contributed by atoms with Gasteiger partial charge in [-0.1, -0.05) is 64.1 Å². The molecule has 0 amide bonds. The van der Waals surface area contributed by atoms with Crippen molar-refractivity contribution in [1.29, 1.82) is 5.26 Å². The summed E-state index contributed by atoms with van der Waals surface area (Å²) in [6, 6.07) is 19.0. The molecule has 0 radical (unpaired) electrons. The zero-order valence-electron chi connectivity index (χ0n) is 24.6. The highest BCUT2D eigenvalue weighted by Gasteiger charge is 2.26. The highest BCUT2D eigenvalue weighted by molar-refractivity contribution is 5.79. The predicted molar refractivity (Wildman–Crippen MR) is 163 cm³/mol. The molecule has 2 aromatic rings. The van der Waals surface area contributed by atoms with Crippen LogP contribution in [-0.4, -0.2) is 37.3 Å². The van der Waals surface area contributed by atoms with Gasteiger partial charge < -0.3 is 14.9 Å². The summed E-state index contributed by atoms with van der Waals surface area (Å²) in [5, 5.41) is 19.1. The van der Waals surface area contributed by atoms with Gasteiger partial charge in [0.25, 0.3) is 0 Å². The normalized spacial score (nSPS) is 17.3. The molecule has 2 fully saturated rings. The van der Waals surface area contributed by atoms with Crippen LogP contribution in [0.1, 0.15) is 102 Å². The molecule has 2 heterocycles. The zero-order valence-corrected chi connectivity index (χ0v) is 24.6. The second-order valence-corrected chi connectivity index (χ2v) is 12.0. The Morgan fingerprint density at radius 2 is 1.18 bits per heavy atom. The average Bonchev–Trinajstić information content (AvgIpc) is 2.95. The number of nitriles is 1. The molecule has 2 unspecified atom stereocenters. The summed E-state index contributed by atoms with van der Waals surface area (Å²) in [6.45, 7) is 12.9. The van der Waals surface area contributed by atoms with Crippen LogP contribution in [0, 0.1) is 23.2 Å². The first kappa shape index (κ1) is 30.5. The molecule has 39 heavy (non-hydrogen) atoms. The second kappa shape index (κ2) is 15.6. The third-order valence-corrected chi connectivity index (χ3v) is 7.89. The van der Waals surface area contributed by atoms with E-state index in [0.717, 1.165) is 43.9 Å². The van der Waals surface area contributed by atoms with Crippen molar-refractivity contribution in [3.8, 4) is 6.07 Å². The van der Waals surface area contributed by atoms with Crippen LogP contribution in [0.3, 0.4) is 0 Å². The van der Waals surface area contributed by atoms with E-state index >= 15 is 0 Å². The molecule has 5 nitrogen and oxygen atoms in total. The molecule has 1 N–H and O–H groups in total. The second-order valence-electron chi connectivity index (χ2n) is 12.0. The van der Waals surface area contributed by atoms with Crippen molar-refractivity contribution in [3.63, 3.8) is 0 Å². The van der Waals surface area contributed by atoms with E-state index in [1.54, 1.807) is 0 Å². The van der Waals surface area contributed by atoms with E-state index in [2.05, 4.69) is 73.9 Å². The molecule has 2 atom stereocenters. The lowest BCUT2D eigenvalue weighted by Crippen LogP contribution is -2.31. The molecule has 2 aliphatic heterocycles. The van der Waals surface area contributed by atoms with Crippen LogP contribution >= 0.6 is 0 Å². The molecule has 0 bridgehead atoms. The topological polar surface area (TPSA) is 67.6 Å². The van der Waals surface area contributed by atoms with Crippen LogP contribution in [0.2, 0.25) is 0 Å². The van der Waals surface area contributed by atoms with Crippen molar-refractivity contribution in [1.82, 2.24) is 0 Å². The number of para-hydroxylation sites is 2. The minimum Gasteiger partial charge on any atom is -0.481 e. The monoisotopic (exact) mass is 531 g/mol. The molecular weight excluding hydrogens is 482 g/mol. The van der Waals surface area contributed by atoms with Gasteiger partial charge in [-0.15, -0.1) is 0 Å². The molecule has 5 heteroatoms. The minimum atomic E-state index is -0.705. The zero-order chi connectivity index (χ0) is 28.2. The molecule has 212 valence electrons. The van der Waals surface area contributed by atoms with Gasteiger partial charge in [-0.25, -0.2) is 0 Å². The fourth-order valence-electron chi connectivity index (χ4n) is 5.96. The number of anilines is 2. The third-order valence-electron chi connectivity index (χ3n) is 7.89. The van der Waals surface area contributed by atoms with Gasteiger partial charge in [0, 0.05) is 37.6 Å². The van der Waals surface area contributed by atoms with Gasteiger partial charge in [0.1, 0.15) is 0 Å². The Morgan fingerprint density at radius 1 is 0.744 bits per heavy atom. The molecule has 0 aliphatic carbocycles. The van der Waals surface area contributed by atoms with Gasteiger partial charge in [-0.3, -0.25) is 4.79 Å². The Hall–Kier alpha value is -3.00. The standard InChI is InChI=1S/C17H24N2.C17H25NO2/c1-14(2)12-15(13-18)16-8-4-5-9-17(16)19-10-6-3-7-11-19;1-13(2)12-15(17(19)20)14-8-4-5-9-16(14)18-10-6-3-7-11-18/h4-5,8-9,14-15H,3,6-7,10-12H2,1-2H3;4-5,8-9,13,15H,3,6-7,10-12H2,1-2H3,(H,19,20). The predicted octanol–water partition coefficient (Wildman–Crippen LogP) is 8.22. The molecule has 4 rings (SSSR count). The van der Waals surface area contributed by atoms with Crippen LogP contribution < -0.4 is 9.80 Å². The maximum Gasteiger partial charge on any atom is 0.311 e. The molecule has 0 saturated carbocycles. The fourth-order valence-corrected chi connectivity index (χ4v) is 5.96. The first-order valence-corrected chi connectivity index (χ1v) is 15.1. The van der Waals surface area contributed by atoms with Gasteiger partial charge in [-0.05, 0) is 86.5 Å². The number of hydrogen-bond acceptors (Lipinski definition) is 4. The van der Waals surface area contributed by atoms with E-state index in [-0.39, 0.29) is 5.92 Å². The van der Waals surface area contributed by atoms with Crippen molar-refractivity contribution in [2.45, 2.75) is 90.9 Å². The van der Waals surface area contributed by atoms with Gasteiger partial charge >= 0.3 is 5.97 Å². The highest BCUT2D eigenvalue weighted by atomic mass is 16.4. The summed E-state index contributed by atoms with van der Waals surface area (Å²) in [6.07, 6.45) is 9.22. The van der Waals surface area contributed by atoms with Crippen LogP contribution in [0.5, 0.6) is 0 Å². The van der Waals surface area contributed by atoms with E-state index in [1.807, 2.05) is 18.2 Å². The summed E-state index contributed by atoms with van der Waals surface area (Å²) in [5.41, 5.74) is 4.62. The molecule has 2 aliphatic rings. The smallest absolute Gasteiger partial charge is 0.311 e. The Labute approximate surface area is 236 Å². The van der Waals surface area contributed by atoms with E-state index in [9.17, 15) is 15.2 Å². The van der Waals surface area contributed by atoms with Crippen LogP contribution in [0.4, 0.5) is 11.4 Å². The number of benzene rings is 2. The van der Waals surface area contributed by atoms with Crippen molar-refractivity contribution >= 4 is 17.3 Å². The van der Waals surface area contributed by atoms with Crippen molar-refractivity contribution < 1.29 is 9.90 Å². The van der Waals surface area contributed by atoms with E-state index < -0.39 is 11.9 Å². The van der Waals surface area contributed by atoms with Gasteiger partial charge in [-0.2, -0.15) is 5.26 Å². The lowest BCUT2D eigenvalue weighted by Gasteiger charge is -2.32. The number of carbonyl (C=O) groups is 1. The van der Waals surface area contributed by atoms with Crippen LogP contribution in [0.15, 0.2) is 48.5 Å². The fraction of sp³-hybridized carbons (Fsp3) is 0.588. The average molecular weight is 532 g/mol. The molecule has 2 aromatic carbocycles. The number of carboxylic acids is 1. The van der Waals surface area contributed by atoms with Crippen molar-refractivity contribution in [3.05, 3.63) is 59.7 Å².